The Kier molecular flexibility index (Phi) is 4.94. The SMILES string of the molecule is COc1cc(C#N)ccc1OCC(C)CCl. The van der Waals surface area contributed by atoms with Crippen LogP contribution >= 0.6 is 11.6 Å². The van der Waals surface area contributed by atoms with Crippen molar-refractivity contribution in [3.05, 3.63) is 23.8 Å². The van der Waals surface area contributed by atoms with E-state index in [9.17, 15) is 0 Å². The normalized spacial score (nSPS) is 11.6. The van der Waals surface area contributed by atoms with Gasteiger partial charge in [-0.3, -0.25) is 0 Å². The van der Waals surface area contributed by atoms with E-state index < -0.39 is 0 Å². The summed E-state index contributed by atoms with van der Waals surface area (Å²) >= 11 is 5.69. The summed E-state index contributed by atoms with van der Waals surface area (Å²) in [4.78, 5) is 0. The number of hydrogen-bond donors (Lipinski definition) is 0. The molecule has 0 fully saturated rings. The van der Waals surface area contributed by atoms with Gasteiger partial charge in [0, 0.05) is 17.9 Å². The number of benzene rings is 1. The summed E-state index contributed by atoms with van der Waals surface area (Å²) < 4.78 is 10.7. The highest BCUT2D eigenvalue weighted by molar-refractivity contribution is 6.18. The van der Waals surface area contributed by atoms with Gasteiger partial charge in [-0.2, -0.15) is 5.26 Å². The van der Waals surface area contributed by atoms with Crippen LogP contribution in [0.5, 0.6) is 11.5 Å². The molecule has 0 saturated heterocycles. The summed E-state index contributed by atoms with van der Waals surface area (Å²) in [5.74, 6) is 2.04. The fraction of sp³-hybridized carbons (Fsp3) is 0.417. The van der Waals surface area contributed by atoms with Crippen LogP contribution in [-0.4, -0.2) is 19.6 Å². The van der Waals surface area contributed by atoms with E-state index in [1.54, 1.807) is 25.3 Å². The van der Waals surface area contributed by atoms with E-state index in [1.165, 1.54) is 0 Å². The minimum atomic E-state index is 0.280. The zero-order valence-electron chi connectivity index (χ0n) is 9.37. The summed E-state index contributed by atoms with van der Waals surface area (Å²) in [7, 11) is 1.55. The lowest BCUT2D eigenvalue weighted by Gasteiger charge is -2.13. The van der Waals surface area contributed by atoms with Crippen molar-refractivity contribution in [2.45, 2.75) is 6.92 Å². The van der Waals surface area contributed by atoms with E-state index in [0.29, 0.717) is 29.5 Å². The lowest BCUT2D eigenvalue weighted by atomic mass is 10.2. The van der Waals surface area contributed by atoms with Gasteiger partial charge in [-0.25, -0.2) is 0 Å². The molecular weight excluding hydrogens is 226 g/mol. The second-order valence-electron chi connectivity index (χ2n) is 3.55. The number of ether oxygens (including phenoxy) is 2. The van der Waals surface area contributed by atoms with Crippen LogP contribution in [0, 0.1) is 17.2 Å². The predicted molar refractivity (Wildman–Crippen MR) is 63.1 cm³/mol. The zero-order chi connectivity index (χ0) is 12.0. The Hall–Kier alpha value is -1.40. The molecule has 0 saturated carbocycles. The summed E-state index contributed by atoms with van der Waals surface area (Å²) in [6.07, 6.45) is 0. The highest BCUT2D eigenvalue weighted by atomic mass is 35.5. The molecule has 1 aromatic carbocycles. The van der Waals surface area contributed by atoms with Crippen molar-refractivity contribution >= 4 is 11.6 Å². The molecule has 16 heavy (non-hydrogen) atoms. The van der Waals surface area contributed by atoms with Gasteiger partial charge in [0.05, 0.1) is 25.3 Å². The largest absolute Gasteiger partial charge is 0.493 e. The van der Waals surface area contributed by atoms with Crippen molar-refractivity contribution in [3.8, 4) is 17.6 Å². The third-order valence-electron chi connectivity index (χ3n) is 2.08. The molecule has 0 aromatic heterocycles. The minimum Gasteiger partial charge on any atom is -0.493 e. The fourth-order valence-electron chi connectivity index (χ4n) is 1.13. The van der Waals surface area contributed by atoms with Gasteiger partial charge >= 0.3 is 0 Å². The number of nitriles is 1. The molecule has 0 aliphatic heterocycles. The molecule has 0 aliphatic rings. The van der Waals surface area contributed by atoms with Crippen LogP contribution in [0.25, 0.3) is 0 Å². The Balaban J connectivity index is 2.76. The average molecular weight is 240 g/mol. The van der Waals surface area contributed by atoms with E-state index >= 15 is 0 Å². The van der Waals surface area contributed by atoms with E-state index in [2.05, 4.69) is 0 Å². The maximum atomic E-state index is 8.74. The Morgan fingerprint density at radius 3 is 2.75 bits per heavy atom. The van der Waals surface area contributed by atoms with Crippen LogP contribution in [0.2, 0.25) is 0 Å². The average Bonchev–Trinajstić information content (AvgIpc) is 2.35. The zero-order valence-corrected chi connectivity index (χ0v) is 10.1. The van der Waals surface area contributed by atoms with Gasteiger partial charge in [0.1, 0.15) is 0 Å². The lowest BCUT2D eigenvalue weighted by molar-refractivity contribution is 0.258. The fourth-order valence-corrected chi connectivity index (χ4v) is 1.22. The van der Waals surface area contributed by atoms with Crippen molar-refractivity contribution in [2.75, 3.05) is 19.6 Å². The molecule has 0 N–H and O–H groups in total. The van der Waals surface area contributed by atoms with Crippen LogP contribution in [0.1, 0.15) is 12.5 Å². The first-order chi connectivity index (χ1) is 7.71. The molecule has 0 radical (unpaired) electrons. The maximum absolute atomic E-state index is 8.74. The van der Waals surface area contributed by atoms with Gasteiger partial charge in [-0.1, -0.05) is 6.92 Å². The lowest BCUT2D eigenvalue weighted by Crippen LogP contribution is -2.10. The number of methoxy groups -OCH3 is 1. The van der Waals surface area contributed by atoms with E-state index in [4.69, 9.17) is 26.3 Å². The molecule has 0 spiro atoms. The van der Waals surface area contributed by atoms with Gasteiger partial charge in [0.2, 0.25) is 0 Å². The van der Waals surface area contributed by atoms with Crippen molar-refractivity contribution in [2.24, 2.45) is 5.92 Å². The molecule has 3 nitrogen and oxygen atoms in total. The molecule has 0 bridgehead atoms. The Morgan fingerprint density at radius 1 is 1.44 bits per heavy atom. The highest BCUT2D eigenvalue weighted by Crippen LogP contribution is 2.28. The van der Waals surface area contributed by atoms with Gasteiger partial charge in [0.15, 0.2) is 11.5 Å². The number of alkyl halides is 1. The minimum absolute atomic E-state index is 0.280. The molecule has 86 valence electrons. The van der Waals surface area contributed by atoms with Crippen LogP contribution in [0.15, 0.2) is 18.2 Å². The number of nitrogens with zero attached hydrogens (tertiary/aromatic N) is 1. The number of rotatable bonds is 5. The second-order valence-corrected chi connectivity index (χ2v) is 3.86. The number of hydrogen-bond acceptors (Lipinski definition) is 3. The Labute approximate surface area is 101 Å². The predicted octanol–water partition coefficient (Wildman–Crippen LogP) is 2.82. The summed E-state index contributed by atoms with van der Waals surface area (Å²) in [5.41, 5.74) is 0.551. The Bertz CT molecular complexity index is 387. The number of halogens is 1. The molecule has 0 aliphatic carbocycles. The second kappa shape index (κ2) is 6.24. The van der Waals surface area contributed by atoms with Crippen LogP contribution in [0.4, 0.5) is 0 Å². The van der Waals surface area contributed by atoms with Gasteiger partial charge < -0.3 is 9.47 Å². The molecule has 0 heterocycles. The van der Waals surface area contributed by atoms with Crippen molar-refractivity contribution in [1.82, 2.24) is 0 Å². The monoisotopic (exact) mass is 239 g/mol. The maximum Gasteiger partial charge on any atom is 0.162 e. The molecular formula is C12H14ClNO2. The smallest absolute Gasteiger partial charge is 0.162 e. The first kappa shape index (κ1) is 12.7. The van der Waals surface area contributed by atoms with Crippen LogP contribution in [0.3, 0.4) is 0 Å². The third kappa shape index (κ3) is 3.32. The first-order valence-electron chi connectivity index (χ1n) is 4.98. The standard InChI is InChI=1S/C12H14ClNO2/c1-9(6-13)8-16-11-4-3-10(7-14)5-12(11)15-2/h3-5,9H,6,8H2,1-2H3. The van der Waals surface area contributed by atoms with Crippen molar-refractivity contribution < 1.29 is 9.47 Å². The molecule has 1 atom stereocenters. The van der Waals surface area contributed by atoms with Crippen LogP contribution < -0.4 is 9.47 Å². The Morgan fingerprint density at radius 2 is 2.19 bits per heavy atom. The summed E-state index contributed by atoms with van der Waals surface area (Å²) in [6.45, 7) is 2.54. The third-order valence-corrected chi connectivity index (χ3v) is 2.61. The molecule has 4 heteroatoms. The first-order valence-corrected chi connectivity index (χ1v) is 5.51. The van der Waals surface area contributed by atoms with Crippen molar-refractivity contribution in [3.63, 3.8) is 0 Å². The topological polar surface area (TPSA) is 42.2 Å². The molecule has 0 amide bonds. The van der Waals surface area contributed by atoms with E-state index in [0.717, 1.165) is 0 Å². The van der Waals surface area contributed by atoms with Gasteiger partial charge in [-0.05, 0) is 12.1 Å². The quantitative estimate of drug-likeness (QED) is 0.742. The van der Waals surface area contributed by atoms with Crippen molar-refractivity contribution in [1.29, 1.82) is 5.26 Å². The van der Waals surface area contributed by atoms with Gasteiger partial charge in [0.25, 0.3) is 0 Å². The van der Waals surface area contributed by atoms with Gasteiger partial charge in [-0.15, -0.1) is 11.6 Å². The van der Waals surface area contributed by atoms with E-state index in [1.807, 2.05) is 13.0 Å². The molecule has 1 aromatic rings. The van der Waals surface area contributed by atoms with Crippen LogP contribution in [-0.2, 0) is 0 Å². The van der Waals surface area contributed by atoms with E-state index in [-0.39, 0.29) is 5.92 Å². The molecule has 1 unspecified atom stereocenters. The molecule has 1 rings (SSSR count). The highest BCUT2D eigenvalue weighted by Gasteiger charge is 2.07. The summed E-state index contributed by atoms with van der Waals surface area (Å²) in [6, 6.07) is 7.13. The summed E-state index contributed by atoms with van der Waals surface area (Å²) in [5, 5.41) is 8.74.